The van der Waals surface area contributed by atoms with Gasteiger partial charge in [-0.3, -0.25) is 9.59 Å². The molecule has 2 amide bonds. The fourth-order valence-corrected chi connectivity index (χ4v) is 4.18. The minimum atomic E-state index is -0.324. The van der Waals surface area contributed by atoms with E-state index in [0.29, 0.717) is 38.2 Å². The zero-order chi connectivity index (χ0) is 25.3. The Bertz CT molecular complexity index is 1290. The van der Waals surface area contributed by atoms with Gasteiger partial charge >= 0.3 is 0 Å². The fourth-order valence-electron chi connectivity index (χ4n) is 4.18. The molecule has 4 rings (SSSR count). The van der Waals surface area contributed by atoms with Gasteiger partial charge in [-0.2, -0.15) is 0 Å². The zero-order valence-electron chi connectivity index (χ0n) is 20.3. The highest BCUT2D eigenvalue weighted by Gasteiger charge is 2.23. The van der Waals surface area contributed by atoms with Crippen molar-refractivity contribution in [3.05, 3.63) is 108 Å². The molecule has 0 saturated carbocycles. The van der Waals surface area contributed by atoms with Gasteiger partial charge in [0.05, 0.1) is 6.61 Å². The number of aromatic amines is 1. The minimum Gasteiger partial charge on any atom is -0.383 e. The summed E-state index contributed by atoms with van der Waals surface area (Å²) in [5, 5.41) is 1.12. The van der Waals surface area contributed by atoms with Gasteiger partial charge in [0.25, 0.3) is 5.91 Å². The van der Waals surface area contributed by atoms with E-state index in [-0.39, 0.29) is 24.2 Å². The standard InChI is InChI=1S/C29H30FN3O3/c1-36-18-17-33(29(35)23-7-3-2-4-8-23)21-28(34)32(20-22-11-13-25(30)14-12-22)16-15-24-19-31-27-10-6-5-9-26(24)27/h2-14,19,31H,15-18,20-21H2,1H3. The van der Waals surface area contributed by atoms with Crippen molar-refractivity contribution in [2.45, 2.75) is 13.0 Å². The average Bonchev–Trinajstić information content (AvgIpc) is 3.33. The molecule has 0 spiro atoms. The number of carbonyl (C=O) groups is 2. The average molecular weight is 488 g/mol. The van der Waals surface area contributed by atoms with Gasteiger partial charge in [0.15, 0.2) is 0 Å². The third-order valence-electron chi connectivity index (χ3n) is 6.16. The van der Waals surface area contributed by atoms with E-state index in [9.17, 15) is 14.0 Å². The first-order chi connectivity index (χ1) is 17.5. The van der Waals surface area contributed by atoms with E-state index in [1.165, 1.54) is 17.0 Å². The molecule has 0 fully saturated rings. The Balaban J connectivity index is 1.53. The van der Waals surface area contributed by atoms with Gasteiger partial charge in [-0.15, -0.1) is 0 Å². The quantitative estimate of drug-likeness (QED) is 0.335. The highest BCUT2D eigenvalue weighted by atomic mass is 19.1. The number of benzene rings is 3. The number of rotatable bonds is 11. The van der Waals surface area contributed by atoms with Crippen molar-refractivity contribution in [2.24, 2.45) is 0 Å². The van der Waals surface area contributed by atoms with Crippen LogP contribution in [0.25, 0.3) is 10.9 Å². The van der Waals surface area contributed by atoms with E-state index < -0.39 is 0 Å². The number of halogens is 1. The van der Waals surface area contributed by atoms with Crippen LogP contribution in [0.3, 0.4) is 0 Å². The lowest BCUT2D eigenvalue weighted by Gasteiger charge is -2.28. The molecule has 1 aromatic heterocycles. The van der Waals surface area contributed by atoms with Crippen LogP contribution < -0.4 is 0 Å². The van der Waals surface area contributed by atoms with E-state index >= 15 is 0 Å². The third-order valence-corrected chi connectivity index (χ3v) is 6.16. The predicted molar refractivity (Wildman–Crippen MR) is 138 cm³/mol. The number of hydrogen-bond acceptors (Lipinski definition) is 3. The molecule has 0 bridgehead atoms. The number of ether oxygens (including phenoxy) is 1. The first kappa shape index (κ1) is 25.1. The van der Waals surface area contributed by atoms with Gasteiger partial charge in [-0.1, -0.05) is 48.5 Å². The summed E-state index contributed by atoms with van der Waals surface area (Å²) < 4.78 is 18.7. The Hall–Kier alpha value is -3.97. The summed E-state index contributed by atoms with van der Waals surface area (Å²) in [6, 6.07) is 23.1. The molecule has 0 unspecified atom stereocenters. The molecule has 0 atom stereocenters. The molecule has 7 heteroatoms. The van der Waals surface area contributed by atoms with Crippen LogP contribution in [0, 0.1) is 5.82 Å². The van der Waals surface area contributed by atoms with Gasteiger partial charge < -0.3 is 19.5 Å². The molecule has 0 radical (unpaired) electrons. The van der Waals surface area contributed by atoms with E-state index in [2.05, 4.69) is 11.1 Å². The maximum Gasteiger partial charge on any atom is 0.254 e. The lowest BCUT2D eigenvalue weighted by atomic mass is 10.1. The van der Waals surface area contributed by atoms with Crippen molar-refractivity contribution in [1.29, 1.82) is 0 Å². The van der Waals surface area contributed by atoms with Gasteiger partial charge in [-0.25, -0.2) is 4.39 Å². The Morgan fingerprint density at radius 2 is 1.61 bits per heavy atom. The summed E-state index contributed by atoms with van der Waals surface area (Å²) in [4.78, 5) is 33.2. The van der Waals surface area contributed by atoms with Crippen molar-refractivity contribution in [2.75, 3.05) is 33.4 Å². The number of carbonyl (C=O) groups excluding carboxylic acids is 2. The molecule has 6 nitrogen and oxygen atoms in total. The van der Waals surface area contributed by atoms with Crippen LogP contribution in [0.2, 0.25) is 0 Å². The van der Waals surface area contributed by atoms with Gasteiger partial charge in [0.2, 0.25) is 5.91 Å². The normalized spacial score (nSPS) is 10.9. The molecule has 186 valence electrons. The van der Waals surface area contributed by atoms with E-state index in [0.717, 1.165) is 22.0 Å². The van der Waals surface area contributed by atoms with Crippen molar-refractivity contribution >= 4 is 22.7 Å². The van der Waals surface area contributed by atoms with Crippen LogP contribution in [0.4, 0.5) is 4.39 Å². The second-order valence-corrected chi connectivity index (χ2v) is 8.64. The minimum absolute atomic E-state index is 0.0772. The SMILES string of the molecule is COCCN(CC(=O)N(CCc1c[nH]c2ccccc12)Cc1ccc(F)cc1)C(=O)c1ccccc1. The molecular formula is C29H30FN3O3. The molecule has 0 aliphatic heterocycles. The number of nitrogens with zero attached hydrogens (tertiary/aromatic N) is 2. The van der Waals surface area contributed by atoms with Crippen LogP contribution in [-0.4, -0.2) is 59.9 Å². The van der Waals surface area contributed by atoms with Crippen LogP contribution in [0.15, 0.2) is 85.1 Å². The largest absolute Gasteiger partial charge is 0.383 e. The fraction of sp³-hybridized carbons (Fsp3) is 0.241. The Morgan fingerprint density at radius 1 is 0.889 bits per heavy atom. The number of methoxy groups -OCH3 is 1. The summed E-state index contributed by atoms with van der Waals surface area (Å²) in [7, 11) is 1.56. The zero-order valence-corrected chi connectivity index (χ0v) is 20.3. The number of para-hydroxylation sites is 1. The first-order valence-corrected chi connectivity index (χ1v) is 12.0. The Labute approximate surface area is 210 Å². The maximum atomic E-state index is 13.6. The summed E-state index contributed by atoms with van der Waals surface area (Å²) >= 11 is 0. The summed E-state index contributed by atoms with van der Waals surface area (Å²) in [5.74, 6) is -0.728. The van der Waals surface area contributed by atoms with Crippen molar-refractivity contribution < 1.29 is 18.7 Å². The van der Waals surface area contributed by atoms with Crippen LogP contribution >= 0.6 is 0 Å². The molecule has 1 N–H and O–H groups in total. The number of nitrogens with one attached hydrogen (secondary N) is 1. The molecule has 0 aliphatic carbocycles. The highest BCUT2D eigenvalue weighted by molar-refractivity contribution is 5.96. The Morgan fingerprint density at radius 3 is 2.36 bits per heavy atom. The monoisotopic (exact) mass is 487 g/mol. The molecule has 1 heterocycles. The second-order valence-electron chi connectivity index (χ2n) is 8.64. The number of amides is 2. The number of fused-ring (bicyclic) bond motifs is 1. The van der Waals surface area contributed by atoms with Gasteiger partial charge in [0, 0.05) is 49.4 Å². The summed E-state index contributed by atoms with van der Waals surface area (Å²) in [6.45, 7) is 1.31. The van der Waals surface area contributed by atoms with E-state index in [1.54, 1.807) is 48.4 Å². The third kappa shape index (κ3) is 6.37. The Kier molecular flexibility index (Phi) is 8.47. The molecule has 0 saturated heterocycles. The molecule has 36 heavy (non-hydrogen) atoms. The topological polar surface area (TPSA) is 65.6 Å². The summed E-state index contributed by atoms with van der Waals surface area (Å²) in [6.07, 6.45) is 2.61. The molecule has 0 aliphatic rings. The number of hydrogen-bond donors (Lipinski definition) is 1. The first-order valence-electron chi connectivity index (χ1n) is 12.0. The van der Waals surface area contributed by atoms with Gasteiger partial charge in [-0.05, 0) is 47.9 Å². The molecule has 4 aromatic rings. The van der Waals surface area contributed by atoms with Crippen LogP contribution in [0.5, 0.6) is 0 Å². The number of H-pyrrole nitrogens is 1. The maximum absolute atomic E-state index is 13.6. The van der Waals surface area contributed by atoms with Crippen LogP contribution in [-0.2, 0) is 22.5 Å². The smallest absolute Gasteiger partial charge is 0.254 e. The lowest BCUT2D eigenvalue weighted by molar-refractivity contribution is -0.132. The predicted octanol–water partition coefficient (Wildman–Crippen LogP) is 4.67. The lowest BCUT2D eigenvalue weighted by Crippen LogP contribution is -2.44. The second kappa shape index (κ2) is 12.1. The van der Waals surface area contributed by atoms with Gasteiger partial charge in [0.1, 0.15) is 12.4 Å². The van der Waals surface area contributed by atoms with Crippen LogP contribution in [0.1, 0.15) is 21.5 Å². The highest BCUT2D eigenvalue weighted by Crippen LogP contribution is 2.19. The van der Waals surface area contributed by atoms with E-state index in [1.807, 2.05) is 30.5 Å². The molecule has 3 aromatic carbocycles. The number of aromatic nitrogens is 1. The van der Waals surface area contributed by atoms with Crippen molar-refractivity contribution in [3.8, 4) is 0 Å². The van der Waals surface area contributed by atoms with Crippen molar-refractivity contribution in [1.82, 2.24) is 14.8 Å². The summed E-state index contributed by atoms with van der Waals surface area (Å²) in [5.41, 5.74) is 3.49. The molecular weight excluding hydrogens is 457 g/mol. The van der Waals surface area contributed by atoms with Crippen molar-refractivity contribution in [3.63, 3.8) is 0 Å². The van der Waals surface area contributed by atoms with E-state index in [4.69, 9.17) is 4.74 Å².